The fourth-order valence-electron chi connectivity index (χ4n) is 3.71. The molecule has 0 bridgehead atoms. The molecule has 4 rings (SSSR count). The van der Waals surface area contributed by atoms with Crippen molar-refractivity contribution in [3.05, 3.63) is 95.3 Å². The summed E-state index contributed by atoms with van der Waals surface area (Å²) in [6, 6.07) is 17.5. The lowest BCUT2D eigenvalue weighted by molar-refractivity contribution is 0.244. The van der Waals surface area contributed by atoms with E-state index < -0.39 is 0 Å². The van der Waals surface area contributed by atoms with E-state index >= 15 is 0 Å². The quantitative estimate of drug-likeness (QED) is 0.678. The summed E-state index contributed by atoms with van der Waals surface area (Å²) in [5.41, 5.74) is 4.34. The van der Waals surface area contributed by atoms with Gasteiger partial charge in [-0.2, -0.15) is 0 Å². The van der Waals surface area contributed by atoms with Crippen LogP contribution < -0.4 is 0 Å². The summed E-state index contributed by atoms with van der Waals surface area (Å²) in [5.74, 6) is -0.196. The molecule has 26 heavy (non-hydrogen) atoms. The number of rotatable bonds is 5. The van der Waals surface area contributed by atoms with Crippen molar-refractivity contribution in [3.63, 3.8) is 0 Å². The van der Waals surface area contributed by atoms with Crippen LogP contribution in [-0.4, -0.2) is 21.4 Å². The van der Waals surface area contributed by atoms with Crippen molar-refractivity contribution < 1.29 is 4.39 Å². The SMILES string of the molecule is Fc1cccc(Cc2cccc(C3CCCN3Cc3ccncc3)n2)c1. The van der Waals surface area contributed by atoms with Crippen LogP contribution in [0.25, 0.3) is 0 Å². The highest BCUT2D eigenvalue weighted by molar-refractivity contribution is 5.24. The van der Waals surface area contributed by atoms with E-state index in [4.69, 9.17) is 4.98 Å². The van der Waals surface area contributed by atoms with E-state index in [2.05, 4.69) is 34.1 Å². The van der Waals surface area contributed by atoms with Gasteiger partial charge in [0.15, 0.2) is 0 Å². The van der Waals surface area contributed by atoms with Gasteiger partial charge in [-0.15, -0.1) is 0 Å². The molecule has 4 heteroatoms. The third-order valence-corrected chi connectivity index (χ3v) is 4.94. The molecular formula is C22H22FN3. The maximum Gasteiger partial charge on any atom is 0.123 e. The molecule has 0 spiro atoms. The number of hydrogen-bond donors (Lipinski definition) is 0. The van der Waals surface area contributed by atoms with E-state index in [1.54, 1.807) is 12.1 Å². The third-order valence-electron chi connectivity index (χ3n) is 4.94. The summed E-state index contributed by atoms with van der Waals surface area (Å²) in [6.45, 7) is 2.01. The van der Waals surface area contributed by atoms with Crippen LogP contribution in [0, 0.1) is 5.82 Å². The Balaban J connectivity index is 1.51. The first-order valence-corrected chi connectivity index (χ1v) is 9.11. The molecular weight excluding hydrogens is 325 g/mol. The molecule has 1 aliphatic heterocycles. The second-order valence-corrected chi connectivity index (χ2v) is 6.84. The van der Waals surface area contributed by atoms with E-state index in [-0.39, 0.29) is 5.82 Å². The predicted octanol–water partition coefficient (Wildman–Crippen LogP) is 4.54. The van der Waals surface area contributed by atoms with Gasteiger partial charge in [0, 0.05) is 31.1 Å². The van der Waals surface area contributed by atoms with E-state index in [0.717, 1.165) is 36.5 Å². The standard InChI is InChI=1S/C22H22FN3/c23-19-5-1-4-18(14-19)15-20-6-2-7-21(25-20)22-8-3-13-26(22)16-17-9-11-24-12-10-17/h1-2,4-7,9-12,14,22H,3,8,13,15-16H2. The maximum absolute atomic E-state index is 13.4. The molecule has 2 aromatic heterocycles. The molecule has 0 aliphatic carbocycles. The lowest BCUT2D eigenvalue weighted by Gasteiger charge is -2.24. The molecule has 1 saturated heterocycles. The Bertz CT molecular complexity index is 866. The van der Waals surface area contributed by atoms with Gasteiger partial charge < -0.3 is 0 Å². The van der Waals surface area contributed by atoms with Gasteiger partial charge in [0.2, 0.25) is 0 Å². The summed E-state index contributed by atoms with van der Waals surface area (Å²) in [7, 11) is 0. The van der Waals surface area contributed by atoms with E-state index in [9.17, 15) is 4.39 Å². The van der Waals surface area contributed by atoms with Gasteiger partial charge in [0.25, 0.3) is 0 Å². The summed E-state index contributed by atoms with van der Waals surface area (Å²) in [5, 5.41) is 0. The van der Waals surface area contributed by atoms with Crippen LogP contribution in [0.5, 0.6) is 0 Å². The summed E-state index contributed by atoms with van der Waals surface area (Å²) in [6.07, 6.45) is 6.66. The van der Waals surface area contributed by atoms with E-state index in [1.807, 2.05) is 24.5 Å². The van der Waals surface area contributed by atoms with Crippen molar-refractivity contribution in [2.24, 2.45) is 0 Å². The number of pyridine rings is 2. The van der Waals surface area contributed by atoms with Gasteiger partial charge in [-0.1, -0.05) is 18.2 Å². The third kappa shape index (κ3) is 3.97. The van der Waals surface area contributed by atoms with Crippen molar-refractivity contribution in [1.29, 1.82) is 0 Å². The second kappa shape index (κ2) is 7.75. The maximum atomic E-state index is 13.4. The van der Waals surface area contributed by atoms with Gasteiger partial charge >= 0.3 is 0 Å². The molecule has 3 nitrogen and oxygen atoms in total. The molecule has 1 unspecified atom stereocenters. The first kappa shape index (κ1) is 16.9. The average molecular weight is 347 g/mol. The van der Waals surface area contributed by atoms with E-state index in [0.29, 0.717) is 12.5 Å². The average Bonchev–Trinajstić information content (AvgIpc) is 3.11. The van der Waals surface area contributed by atoms with Crippen LogP contribution in [0.3, 0.4) is 0 Å². The Hall–Kier alpha value is -2.59. The molecule has 1 aliphatic rings. The molecule has 3 heterocycles. The summed E-state index contributed by atoms with van der Waals surface area (Å²) in [4.78, 5) is 11.5. The number of hydrogen-bond acceptors (Lipinski definition) is 3. The fourth-order valence-corrected chi connectivity index (χ4v) is 3.71. The highest BCUT2D eigenvalue weighted by atomic mass is 19.1. The van der Waals surface area contributed by atoms with Crippen molar-refractivity contribution in [1.82, 2.24) is 14.9 Å². The molecule has 3 aromatic rings. The lowest BCUT2D eigenvalue weighted by atomic mass is 10.1. The largest absolute Gasteiger partial charge is 0.291 e. The minimum atomic E-state index is -0.196. The zero-order valence-electron chi connectivity index (χ0n) is 14.7. The minimum absolute atomic E-state index is 0.196. The van der Waals surface area contributed by atoms with Crippen LogP contribution in [0.4, 0.5) is 4.39 Å². The first-order valence-electron chi connectivity index (χ1n) is 9.11. The van der Waals surface area contributed by atoms with Gasteiger partial charge in [-0.05, 0) is 66.9 Å². The number of benzene rings is 1. The number of likely N-dealkylation sites (tertiary alicyclic amines) is 1. The Kier molecular flexibility index (Phi) is 5.02. The molecule has 1 atom stereocenters. The normalized spacial score (nSPS) is 17.5. The van der Waals surface area contributed by atoms with Crippen LogP contribution in [0.1, 0.15) is 41.4 Å². The molecule has 0 radical (unpaired) electrons. The minimum Gasteiger partial charge on any atom is -0.291 e. The van der Waals surface area contributed by atoms with Crippen LogP contribution in [0.2, 0.25) is 0 Å². The van der Waals surface area contributed by atoms with E-state index in [1.165, 1.54) is 18.1 Å². The Morgan fingerprint density at radius 2 is 1.85 bits per heavy atom. The molecule has 0 saturated carbocycles. The van der Waals surface area contributed by atoms with Crippen LogP contribution in [-0.2, 0) is 13.0 Å². The zero-order valence-corrected chi connectivity index (χ0v) is 14.7. The predicted molar refractivity (Wildman–Crippen MR) is 100 cm³/mol. The molecule has 132 valence electrons. The van der Waals surface area contributed by atoms with Gasteiger partial charge in [-0.3, -0.25) is 14.9 Å². The van der Waals surface area contributed by atoms with Gasteiger partial charge in [0.05, 0.1) is 11.7 Å². The van der Waals surface area contributed by atoms with Crippen molar-refractivity contribution in [2.45, 2.75) is 31.8 Å². The van der Waals surface area contributed by atoms with Gasteiger partial charge in [-0.25, -0.2) is 4.39 Å². The van der Waals surface area contributed by atoms with Crippen molar-refractivity contribution >= 4 is 0 Å². The molecule has 1 aromatic carbocycles. The lowest BCUT2D eigenvalue weighted by Crippen LogP contribution is -2.23. The summed E-state index contributed by atoms with van der Waals surface area (Å²) >= 11 is 0. The smallest absolute Gasteiger partial charge is 0.123 e. The number of halogens is 1. The first-order chi connectivity index (χ1) is 12.8. The Morgan fingerprint density at radius 1 is 1.00 bits per heavy atom. The monoisotopic (exact) mass is 347 g/mol. The Labute approximate surface area is 153 Å². The molecule has 0 amide bonds. The highest BCUT2D eigenvalue weighted by Gasteiger charge is 2.27. The van der Waals surface area contributed by atoms with Crippen LogP contribution >= 0.6 is 0 Å². The number of aromatic nitrogens is 2. The zero-order chi connectivity index (χ0) is 17.8. The van der Waals surface area contributed by atoms with Crippen LogP contribution in [0.15, 0.2) is 67.0 Å². The second-order valence-electron chi connectivity index (χ2n) is 6.84. The molecule has 0 N–H and O–H groups in total. The van der Waals surface area contributed by atoms with Crippen molar-refractivity contribution in [2.75, 3.05) is 6.54 Å². The van der Waals surface area contributed by atoms with Crippen molar-refractivity contribution in [3.8, 4) is 0 Å². The fraction of sp³-hybridized carbons (Fsp3) is 0.273. The van der Waals surface area contributed by atoms with Gasteiger partial charge in [0.1, 0.15) is 5.82 Å². The number of nitrogens with zero attached hydrogens (tertiary/aromatic N) is 3. The highest BCUT2D eigenvalue weighted by Crippen LogP contribution is 2.32. The molecule has 1 fully saturated rings. The Morgan fingerprint density at radius 3 is 2.69 bits per heavy atom. The topological polar surface area (TPSA) is 29.0 Å². The summed E-state index contributed by atoms with van der Waals surface area (Å²) < 4.78 is 13.4.